The molecule has 2 saturated heterocycles. The molecular weight excluding hydrogens is 272 g/mol. The minimum absolute atomic E-state index is 0.0278. The molecule has 3 heterocycles. The number of nitrogens with one attached hydrogen (secondary N) is 1. The molecule has 2 fully saturated rings. The van der Waals surface area contributed by atoms with Crippen molar-refractivity contribution < 1.29 is 9.53 Å². The van der Waals surface area contributed by atoms with E-state index in [-0.39, 0.29) is 18.1 Å². The lowest BCUT2D eigenvalue weighted by atomic mass is 9.91. The fourth-order valence-corrected chi connectivity index (χ4v) is 4.18. The number of hydrogen-bond donors (Lipinski definition) is 1. The third-order valence-corrected chi connectivity index (χ3v) is 5.52. The zero-order chi connectivity index (χ0) is 14.1. The number of carbonyl (C=O) groups excluding carboxylic acids is 1. The Morgan fingerprint density at radius 3 is 3.15 bits per heavy atom. The summed E-state index contributed by atoms with van der Waals surface area (Å²) in [4.78, 5) is 15.6. The molecule has 0 saturated carbocycles. The van der Waals surface area contributed by atoms with E-state index < -0.39 is 0 Å². The van der Waals surface area contributed by atoms with Gasteiger partial charge in [0.1, 0.15) is 6.10 Å². The third-order valence-electron chi connectivity index (χ3n) is 4.51. The molecule has 2 aliphatic heterocycles. The lowest BCUT2D eigenvalue weighted by Gasteiger charge is -2.33. The first kappa shape index (κ1) is 14.0. The summed E-state index contributed by atoms with van der Waals surface area (Å²) in [6, 6.07) is 2.18. The lowest BCUT2D eigenvalue weighted by Crippen LogP contribution is -2.42. The molecule has 0 spiro atoms. The smallest absolute Gasteiger partial charge is 0.248 e. The molecule has 1 aromatic rings. The summed E-state index contributed by atoms with van der Waals surface area (Å²) in [5.41, 5.74) is 1.38. The van der Waals surface area contributed by atoms with Gasteiger partial charge < -0.3 is 10.1 Å². The number of amides is 1. The van der Waals surface area contributed by atoms with Crippen molar-refractivity contribution in [2.75, 3.05) is 20.1 Å². The monoisotopic (exact) mass is 294 g/mol. The van der Waals surface area contributed by atoms with Crippen LogP contribution in [-0.4, -0.2) is 43.2 Å². The Hall–Kier alpha value is -0.910. The Bertz CT molecular complexity index is 488. The van der Waals surface area contributed by atoms with Crippen molar-refractivity contribution in [3.8, 4) is 0 Å². The van der Waals surface area contributed by atoms with E-state index in [9.17, 15) is 4.79 Å². The van der Waals surface area contributed by atoms with Crippen LogP contribution in [0.1, 0.15) is 23.3 Å². The zero-order valence-corrected chi connectivity index (χ0v) is 12.9. The Kier molecular flexibility index (Phi) is 4.10. The number of likely N-dealkylation sites (tertiary alicyclic amines) is 1. The Balaban J connectivity index is 1.59. The van der Waals surface area contributed by atoms with Gasteiger partial charge in [-0.1, -0.05) is 0 Å². The predicted molar refractivity (Wildman–Crippen MR) is 79.8 cm³/mol. The molecule has 3 atom stereocenters. The van der Waals surface area contributed by atoms with E-state index in [1.807, 2.05) is 11.3 Å². The van der Waals surface area contributed by atoms with Gasteiger partial charge in [0.25, 0.3) is 0 Å². The number of hydrogen-bond acceptors (Lipinski definition) is 4. The summed E-state index contributed by atoms with van der Waals surface area (Å²) in [6.45, 7) is 5.25. The first-order valence-corrected chi connectivity index (χ1v) is 8.17. The number of aryl methyl sites for hydroxylation is 1. The molecule has 3 rings (SSSR count). The van der Waals surface area contributed by atoms with Crippen molar-refractivity contribution >= 4 is 17.2 Å². The average Bonchev–Trinajstić information content (AvgIpc) is 3.04. The number of carbonyl (C=O) groups is 1. The Labute approximate surface area is 124 Å². The van der Waals surface area contributed by atoms with Gasteiger partial charge in [-0.3, -0.25) is 9.69 Å². The zero-order valence-electron chi connectivity index (χ0n) is 12.1. The lowest BCUT2D eigenvalue weighted by molar-refractivity contribution is -0.132. The van der Waals surface area contributed by atoms with E-state index in [0.29, 0.717) is 5.92 Å². The SMILES string of the molecule is CNC(=O)[C@H]1C[C@@H]2CCN(Cc3sccc3C)C[C@@H]2O1. The quantitative estimate of drug-likeness (QED) is 0.924. The van der Waals surface area contributed by atoms with E-state index in [1.165, 1.54) is 10.4 Å². The van der Waals surface area contributed by atoms with Crippen LogP contribution in [0.4, 0.5) is 0 Å². The molecule has 0 bridgehead atoms. The summed E-state index contributed by atoms with van der Waals surface area (Å²) in [7, 11) is 1.68. The van der Waals surface area contributed by atoms with Gasteiger partial charge in [-0.05, 0) is 49.2 Å². The van der Waals surface area contributed by atoms with Gasteiger partial charge in [0.05, 0.1) is 6.10 Å². The first-order valence-electron chi connectivity index (χ1n) is 7.29. The molecule has 20 heavy (non-hydrogen) atoms. The van der Waals surface area contributed by atoms with Gasteiger partial charge in [0.15, 0.2) is 0 Å². The van der Waals surface area contributed by atoms with Gasteiger partial charge in [-0.15, -0.1) is 11.3 Å². The molecule has 0 radical (unpaired) electrons. The number of ether oxygens (including phenoxy) is 1. The highest BCUT2D eigenvalue weighted by Crippen LogP contribution is 2.34. The number of piperidine rings is 1. The van der Waals surface area contributed by atoms with Crippen molar-refractivity contribution in [2.24, 2.45) is 5.92 Å². The first-order chi connectivity index (χ1) is 9.67. The second-order valence-corrected chi connectivity index (χ2v) is 6.82. The molecule has 0 unspecified atom stereocenters. The van der Waals surface area contributed by atoms with E-state index in [1.54, 1.807) is 7.05 Å². The molecule has 2 aliphatic rings. The number of thiophene rings is 1. The number of likely N-dealkylation sites (N-methyl/N-ethyl adjacent to an activating group) is 1. The largest absolute Gasteiger partial charge is 0.364 e. The van der Waals surface area contributed by atoms with Crippen molar-refractivity contribution in [1.29, 1.82) is 0 Å². The maximum absolute atomic E-state index is 11.7. The third kappa shape index (κ3) is 2.75. The van der Waals surface area contributed by atoms with Crippen LogP contribution >= 0.6 is 11.3 Å². The van der Waals surface area contributed by atoms with E-state index in [2.05, 4.69) is 28.6 Å². The highest BCUT2D eigenvalue weighted by Gasteiger charge is 2.41. The van der Waals surface area contributed by atoms with Crippen molar-refractivity contribution in [3.05, 3.63) is 21.9 Å². The minimum atomic E-state index is -0.238. The molecule has 1 N–H and O–H groups in total. The van der Waals surface area contributed by atoms with Crippen LogP contribution < -0.4 is 5.32 Å². The van der Waals surface area contributed by atoms with Crippen molar-refractivity contribution in [3.63, 3.8) is 0 Å². The fraction of sp³-hybridized carbons (Fsp3) is 0.667. The van der Waals surface area contributed by atoms with Crippen LogP contribution in [0.15, 0.2) is 11.4 Å². The molecule has 0 aliphatic carbocycles. The standard InChI is InChI=1S/C15H22N2O2S/c1-10-4-6-20-14(10)9-17-5-3-11-7-12(15(18)16-2)19-13(11)8-17/h4,6,11-13H,3,5,7-9H2,1-2H3,(H,16,18)/t11-,12+,13-/m0/s1. The van der Waals surface area contributed by atoms with Crippen molar-refractivity contribution in [1.82, 2.24) is 10.2 Å². The summed E-state index contributed by atoms with van der Waals surface area (Å²) >= 11 is 1.83. The fourth-order valence-electron chi connectivity index (χ4n) is 3.24. The van der Waals surface area contributed by atoms with E-state index >= 15 is 0 Å². The molecule has 110 valence electrons. The van der Waals surface area contributed by atoms with Gasteiger partial charge in [-0.2, -0.15) is 0 Å². The Morgan fingerprint density at radius 1 is 1.60 bits per heavy atom. The van der Waals surface area contributed by atoms with Crippen LogP contribution in [0.2, 0.25) is 0 Å². The highest BCUT2D eigenvalue weighted by molar-refractivity contribution is 7.10. The maximum Gasteiger partial charge on any atom is 0.248 e. The summed E-state index contributed by atoms with van der Waals surface area (Å²) in [5, 5.41) is 4.85. The van der Waals surface area contributed by atoms with E-state index in [4.69, 9.17) is 4.74 Å². The Morgan fingerprint density at radius 2 is 2.45 bits per heavy atom. The van der Waals surface area contributed by atoms with Gasteiger partial charge in [0, 0.05) is 25.0 Å². The van der Waals surface area contributed by atoms with Crippen LogP contribution in [0.5, 0.6) is 0 Å². The second-order valence-electron chi connectivity index (χ2n) is 5.82. The summed E-state index contributed by atoms with van der Waals surface area (Å²) in [6.07, 6.45) is 2.02. The minimum Gasteiger partial charge on any atom is -0.364 e. The maximum atomic E-state index is 11.7. The predicted octanol–water partition coefficient (Wildman–Crippen LogP) is 1.78. The number of rotatable bonds is 3. The normalized spacial score (nSPS) is 30.2. The van der Waals surface area contributed by atoms with E-state index in [0.717, 1.165) is 32.5 Å². The summed E-state index contributed by atoms with van der Waals surface area (Å²) < 4.78 is 5.95. The highest BCUT2D eigenvalue weighted by atomic mass is 32.1. The van der Waals surface area contributed by atoms with Crippen molar-refractivity contribution in [2.45, 2.75) is 38.5 Å². The molecule has 1 amide bonds. The van der Waals surface area contributed by atoms with Crippen LogP contribution in [0.3, 0.4) is 0 Å². The average molecular weight is 294 g/mol. The number of nitrogens with zero attached hydrogens (tertiary/aromatic N) is 1. The van der Waals surface area contributed by atoms with Gasteiger partial charge >= 0.3 is 0 Å². The molecular formula is C15H22N2O2S. The molecule has 0 aromatic carbocycles. The van der Waals surface area contributed by atoms with Crippen LogP contribution in [0, 0.1) is 12.8 Å². The number of fused-ring (bicyclic) bond motifs is 1. The topological polar surface area (TPSA) is 41.6 Å². The summed E-state index contributed by atoms with van der Waals surface area (Å²) in [5.74, 6) is 0.582. The molecule has 1 aromatic heterocycles. The molecule has 4 nitrogen and oxygen atoms in total. The van der Waals surface area contributed by atoms with Crippen LogP contribution in [0.25, 0.3) is 0 Å². The van der Waals surface area contributed by atoms with Gasteiger partial charge in [0.2, 0.25) is 5.91 Å². The second kappa shape index (κ2) is 5.84. The van der Waals surface area contributed by atoms with Gasteiger partial charge in [-0.25, -0.2) is 0 Å². The van der Waals surface area contributed by atoms with Crippen LogP contribution in [-0.2, 0) is 16.1 Å². The molecule has 5 heteroatoms.